The third-order valence-electron chi connectivity index (χ3n) is 1.65. The summed E-state index contributed by atoms with van der Waals surface area (Å²) in [5, 5.41) is 0.863. The molecule has 0 amide bonds. The first-order valence-electron chi connectivity index (χ1n) is 3.68. The average molecular weight is 184 g/mol. The second kappa shape index (κ2) is 3.05. The first-order chi connectivity index (χ1) is 6.25. The quantitative estimate of drug-likeness (QED) is 0.715. The SMILES string of the molecule is FC(F)Oc1ccc2ccoc2c1. The van der Waals surface area contributed by atoms with Crippen LogP contribution < -0.4 is 4.74 Å². The molecule has 1 aromatic carbocycles. The third-order valence-corrected chi connectivity index (χ3v) is 1.65. The van der Waals surface area contributed by atoms with Crippen LogP contribution >= 0.6 is 0 Å². The standard InChI is InChI=1S/C9H6F2O2/c10-9(11)13-7-2-1-6-3-4-12-8(6)5-7/h1-5,9H. The van der Waals surface area contributed by atoms with E-state index >= 15 is 0 Å². The Bertz CT molecular complexity index is 409. The number of hydrogen-bond donors (Lipinski definition) is 0. The van der Waals surface area contributed by atoms with E-state index in [4.69, 9.17) is 4.42 Å². The van der Waals surface area contributed by atoms with Crippen molar-refractivity contribution in [2.24, 2.45) is 0 Å². The predicted molar refractivity (Wildman–Crippen MR) is 42.8 cm³/mol. The van der Waals surface area contributed by atoms with E-state index in [-0.39, 0.29) is 5.75 Å². The lowest BCUT2D eigenvalue weighted by Gasteiger charge is -2.02. The van der Waals surface area contributed by atoms with Gasteiger partial charge in [0.2, 0.25) is 0 Å². The van der Waals surface area contributed by atoms with E-state index < -0.39 is 6.61 Å². The molecule has 2 rings (SSSR count). The molecule has 0 saturated heterocycles. The lowest BCUT2D eigenvalue weighted by atomic mass is 10.2. The molecule has 13 heavy (non-hydrogen) atoms. The maximum absolute atomic E-state index is 11.8. The highest BCUT2D eigenvalue weighted by Crippen LogP contribution is 2.22. The molecule has 0 fully saturated rings. The van der Waals surface area contributed by atoms with Crippen LogP contribution in [0.15, 0.2) is 34.9 Å². The molecule has 2 aromatic rings. The summed E-state index contributed by atoms with van der Waals surface area (Å²) < 4.78 is 32.8. The van der Waals surface area contributed by atoms with Crippen LogP contribution in [0.5, 0.6) is 5.75 Å². The number of halogens is 2. The minimum Gasteiger partial charge on any atom is -0.464 e. The fraction of sp³-hybridized carbons (Fsp3) is 0.111. The molecular formula is C9H6F2O2. The van der Waals surface area contributed by atoms with Crippen LogP contribution in [0.3, 0.4) is 0 Å². The van der Waals surface area contributed by atoms with Crippen LogP contribution in [0.4, 0.5) is 8.78 Å². The van der Waals surface area contributed by atoms with E-state index in [2.05, 4.69) is 4.74 Å². The summed E-state index contributed by atoms with van der Waals surface area (Å²) >= 11 is 0. The summed E-state index contributed by atoms with van der Waals surface area (Å²) in [5.41, 5.74) is 0.540. The molecule has 0 radical (unpaired) electrons. The van der Waals surface area contributed by atoms with Crippen LogP contribution in [-0.2, 0) is 0 Å². The summed E-state index contributed by atoms with van der Waals surface area (Å²) in [5.74, 6) is 0.109. The molecule has 68 valence electrons. The molecule has 0 atom stereocenters. The van der Waals surface area contributed by atoms with E-state index in [9.17, 15) is 8.78 Å². The van der Waals surface area contributed by atoms with Gasteiger partial charge in [0, 0.05) is 11.5 Å². The Balaban J connectivity index is 2.37. The highest BCUT2D eigenvalue weighted by Gasteiger charge is 2.05. The molecule has 1 aromatic heterocycles. The summed E-state index contributed by atoms with van der Waals surface area (Å²) in [6.07, 6.45) is 1.50. The highest BCUT2D eigenvalue weighted by molar-refractivity contribution is 5.78. The van der Waals surface area contributed by atoms with E-state index in [1.165, 1.54) is 18.4 Å². The molecule has 0 spiro atoms. The fourth-order valence-electron chi connectivity index (χ4n) is 1.11. The largest absolute Gasteiger partial charge is 0.464 e. The van der Waals surface area contributed by atoms with Gasteiger partial charge in [0.25, 0.3) is 0 Å². The van der Waals surface area contributed by atoms with Crippen molar-refractivity contribution >= 4 is 11.0 Å². The Kier molecular flexibility index (Phi) is 1.88. The van der Waals surface area contributed by atoms with Crippen molar-refractivity contribution in [1.29, 1.82) is 0 Å². The monoisotopic (exact) mass is 184 g/mol. The summed E-state index contributed by atoms with van der Waals surface area (Å²) in [6, 6.07) is 6.32. The minimum atomic E-state index is -2.80. The molecular weight excluding hydrogens is 178 g/mol. The van der Waals surface area contributed by atoms with Gasteiger partial charge in [-0.2, -0.15) is 8.78 Å². The lowest BCUT2D eigenvalue weighted by molar-refractivity contribution is -0.0497. The molecule has 0 saturated carbocycles. The summed E-state index contributed by atoms with van der Waals surface area (Å²) in [7, 11) is 0. The zero-order valence-corrected chi connectivity index (χ0v) is 6.54. The average Bonchev–Trinajstić information content (AvgIpc) is 2.49. The molecule has 4 heteroatoms. The van der Waals surface area contributed by atoms with E-state index in [0.717, 1.165) is 5.39 Å². The first-order valence-corrected chi connectivity index (χ1v) is 3.68. The van der Waals surface area contributed by atoms with Crippen LogP contribution in [0.2, 0.25) is 0 Å². The van der Waals surface area contributed by atoms with Gasteiger partial charge in [-0.05, 0) is 18.2 Å². The number of furan rings is 1. The Hall–Kier alpha value is -1.58. The van der Waals surface area contributed by atoms with Gasteiger partial charge in [0.05, 0.1) is 6.26 Å². The van der Waals surface area contributed by atoms with Gasteiger partial charge in [-0.1, -0.05) is 0 Å². The smallest absolute Gasteiger partial charge is 0.387 e. The van der Waals surface area contributed by atoms with Crippen molar-refractivity contribution in [1.82, 2.24) is 0 Å². The van der Waals surface area contributed by atoms with Crippen LogP contribution in [0.25, 0.3) is 11.0 Å². The van der Waals surface area contributed by atoms with Gasteiger partial charge in [-0.3, -0.25) is 0 Å². The Labute approximate surface area is 72.7 Å². The van der Waals surface area contributed by atoms with E-state index in [1.54, 1.807) is 12.1 Å². The number of alkyl halides is 2. The second-order valence-electron chi connectivity index (χ2n) is 2.50. The van der Waals surface area contributed by atoms with Crippen molar-refractivity contribution in [3.8, 4) is 5.75 Å². The second-order valence-corrected chi connectivity index (χ2v) is 2.50. The first kappa shape index (κ1) is 8.04. The van der Waals surface area contributed by atoms with E-state index in [0.29, 0.717) is 5.58 Å². The molecule has 0 bridgehead atoms. The van der Waals surface area contributed by atoms with Gasteiger partial charge in [-0.25, -0.2) is 0 Å². The maximum Gasteiger partial charge on any atom is 0.387 e. The van der Waals surface area contributed by atoms with Crippen LogP contribution in [0.1, 0.15) is 0 Å². The van der Waals surface area contributed by atoms with Gasteiger partial charge >= 0.3 is 6.61 Å². The van der Waals surface area contributed by atoms with Crippen LogP contribution in [0, 0.1) is 0 Å². The topological polar surface area (TPSA) is 22.4 Å². The number of benzene rings is 1. The van der Waals surface area contributed by atoms with Gasteiger partial charge in [-0.15, -0.1) is 0 Å². The number of hydrogen-bond acceptors (Lipinski definition) is 2. The van der Waals surface area contributed by atoms with Gasteiger partial charge < -0.3 is 9.15 Å². The molecule has 0 aliphatic heterocycles. The van der Waals surface area contributed by atoms with Crippen molar-refractivity contribution in [3.63, 3.8) is 0 Å². The van der Waals surface area contributed by atoms with E-state index in [1.807, 2.05) is 0 Å². The number of rotatable bonds is 2. The fourth-order valence-corrected chi connectivity index (χ4v) is 1.11. The molecule has 2 nitrogen and oxygen atoms in total. The van der Waals surface area contributed by atoms with Gasteiger partial charge in [0.15, 0.2) is 0 Å². The Morgan fingerprint density at radius 2 is 2.08 bits per heavy atom. The van der Waals surface area contributed by atoms with Crippen molar-refractivity contribution in [3.05, 3.63) is 30.5 Å². The summed E-state index contributed by atoms with van der Waals surface area (Å²) in [6.45, 7) is -2.80. The van der Waals surface area contributed by atoms with Crippen molar-refractivity contribution in [2.45, 2.75) is 6.61 Å². The Morgan fingerprint density at radius 1 is 1.23 bits per heavy atom. The van der Waals surface area contributed by atoms with Gasteiger partial charge in [0.1, 0.15) is 11.3 Å². The normalized spacial score (nSPS) is 11.0. The summed E-state index contributed by atoms with van der Waals surface area (Å²) in [4.78, 5) is 0. The zero-order chi connectivity index (χ0) is 9.26. The minimum absolute atomic E-state index is 0.109. The third kappa shape index (κ3) is 1.61. The zero-order valence-electron chi connectivity index (χ0n) is 6.54. The lowest BCUT2D eigenvalue weighted by Crippen LogP contribution is -2.01. The molecule has 1 heterocycles. The van der Waals surface area contributed by atoms with Crippen molar-refractivity contribution < 1.29 is 17.9 Å². The van der Waals surface area contributed by atoms with Crippen LogP contribution in [-0.4, -0.2) is 6.61 Å². The molecule has 0 aliphatic rings. The number of ether oxygens (including phenoxy) is 1. The molecule has 0 aliphatic carbocycles. The van der Waals surface area contributed by atoms with Crippen molar-refractivity contribution in [2.75, 3.05) is 0 Å². The highest BCUT2D eigenvalue weighted by atomic mass is 19.3. The molecule has 0 N–H and O–H groups in total. The molecule has 0 unspecified atom stereocenters. The predicted octanol–water partition coefficient (Wildman–Crippen LogP) is 3.03. The maximum atomic E-state index is 11.8. The number of fused-ring (bicyclic) bond motifs is 1. The Morgan fingerprint density at radius 3 is 2.85 bits per heavy atom.